The second kappa shape index (κ2) is 16.2. The van der Waals surface area contributed by atoms with Crippen molar-refractivity contribution < 1.29 is 24.2 Å². The number of halogens is 1. The van der Waals surface area contributed by atoms with Crippen LogP contribution in [0, 0.1) is 0 Å². The van der Waals surface area contributed by atoms with Crippen molar-refractivity contribution in [2.45, 2.75) is 32.4 Å². The molecule has 0 aliphatic heterocycles. The van der Waals surface area contributed by atoms with E-state index in [9.17, 15) is 19.5 Å². The molecule has 0 radical (unpaired) electrons. The third-order valence-electron chi connectivity index (χ3n) is 8.46. The van der Waals surface area contributed by atoms with E-state index in [1.807, 2.05) is 111 Å². The van der Waals surface area contributed by atoms with Gasteiger partial charge in [-0.3, -0.25) is 14.5 Å². The van der Waals surface area contributed by atoms with E-state index in [-0.39, 0.29) is 28.8 Å². The van der Waals surface area contributed by atoms with Crippen LogP contribution in [0.1, 0.15) is 40.1 Å². The standard InChI is InChI=1S/C44H37ClN2O5/c1-29(2)52-38-24-22-37(23-25-38)47(43(49)35-19-17-34(18-20-35)32-11-7-4-8-12-32)41-26-21-36(45)28-39(41)42(48)46-40(44(50)51)27-30-13-15-33(16-14-30)31-9-5-3-6-10-31/h3-26,28-29,40H,27H2,1-2H3,(H,46,48)(H,50,51)/t40-/m0/s1. The van der Waals surface area contributed by atoms with E-state index in [0.717, 1.165) is 27.8 Å². The molecule has 0 bridgehead atoms. The Balaban J connectivity index is 1.32. The van der Waals surface area contributed by atoms with Crippen LogP contribution in [-0.4, -0.2) is 35.0 Å². The highest BCUT2D eigenvalue weighted by molar-refractivity contribution is 6.31. The molecule has 0 heterocycles. The Bertz CT molecular complexity index is 2150. The molecule has 1 atom stereocenters. The van der Waals surface area contributed by atoms with Crippen LogP contribution < -0.4 is 15.0 Å². The molecular formula is C44H37ClN2O5. The molecule has 0 aliphatic rings. The Labute approximate surface area is 308 Å². The maximum absolute atomic E-state index is 14.5. The first-order valence-corrected chi connectivity index (χ1v) is 17.3. The van der Waals surface area contributed by atoms with E-state index < -0.39 is 23.8 Å². The first-order valence-electron chi connectivity index (χ1n) is 16.9. The summed E-state index contributed by atoms with van der Waals surface area (Å²) < 4.78 is 5.84. The number of anilines is 2. The molecule has 0 aliphatic carbocycles. The van der Waals surface area contributed by atoms with Gasteiger partial charge >= 0.3 is 5.97 Å². The van der Waals surface area contributed by atoms with Gasteiger partial charge in [0.25, 0.3) is 11.8 Å². The highest BCUT2D eigenvalue weighted by Gasteiger charge is 2.28. The Morgan fingerprint density at radius 1 is 0.692 bits per heavy atom. The van der Waals surface area contributed by atoms with Crippen LogP contribution in [0.25, 0.3) is 22.3 Å². The van der Waals surface area contributed by atoms with Crippen molar-refractivity contribution in [2.24, 2.45) is 0 Å². The highest BCUT2D eigenvalue weighted by atomic mass is 35.5. The number of carbonyl (C=O) groups is 3. The van der Waals surface area contributed by atoms with Gasteiger partial charge in [-0.1, -0.05) is 109 Å². The number of ether oxygens (including phenoxy) is 1. The number of benzene rings is 6. The molecule has 6 aromatic carbocycles. The number of nitrogens with zero attached hydrogens (tertiary/aromatic N) is 1. The van der Waals surface area contributed by atoms with Crippen LogP contribution in [0.5, 0.6) is 5.75 Å². The van der Waals surface area contributed by atoms with Gasteiger partial charge in [-0.05, 0) is 96.3 Å². The smallest absolute Gasteiger partial charge is 0.326 e. The quantitative estimate of drug-likeness (QED) is 0.132. The summed E-state index contributed by atoms with van der Waals surface area (Å²) in [4.78, 5) is 42.4. The second-order valence-electron chi connectivity index (χ2n) is 12.5. The van der Waals surface area contributed by atoms with Crippen LogP contribution >= 0.6 is 11.6 Å². The molecule has 0 fully saturated rings. The summed E-state index contributed by atoms with van der Waals surface area (Å²) in [6.07, 6.45) is -0.0120. The zero-order valence-electron chi connectivity index (χ0n) is 28.7. The largest absolute Gasteiger partial charge is 0.491 e. The Morgan fingerprint density at radius 3 is 1.77 bits per heavy atom. The third kappa shape index (κ3) is 8.57. The summed E-state index contributed by atoms with van der Waals surface area (Å²) in [5, 5.41) is 13.1. The van der Waals surface area contributed by atoms with Crippen molar-refractivity contribution >= 4 is 40.8 Å². The number of carboxylic acids is 1. The van der Waals surface area contributed by atoms with Crippen molar-refractivity contribution in [1.82, 2.24) is 5.32 Å². The van der Waals surface area contributed by atoms with Gasteiger partial charge in [-0.2, -0.15) is 0 Å². The lowest BCUT2D eigenvalue weighted by Gasteiger charge is -2.26. The number of nitrogens with one attached hydrogen (secondary N) is 1. The van der Waals surface area contributed by atoms with Crippen LogP contribution in [0.2, 0.25) is 5.02 Å². The minimum absolute atomic E-state index is 0.0370. The molecule has 0 unspecified atom stereocenters. The lowest BCUT2D eigenvalue weighted by Crippen LogP contribution is -2.43. The van der Waals surface area contributed by atoms with E-state index in [1.165, 1.54) is 11.0 Å². The molecule has 7 nitrogen and oxygen atoms in total. The van der Waals surface area contributed by atoms with E-state index in [1.54, 1.807) is 48.5 Å². The monoisotopic (exact) mass is 708 g/mol. The van der Waals surface area contributed by atoms with Crippen LogP contribution in [-0.2, 0) is 11.2 Å². The number of amides is 2. The number of carbonyl (C=O) groups excluding carboxylic acids is 2. The zero-order valence-corrected chi connectivity index (χ0v) is 29.5. The van der Waals surface area contributed by atoms with Crippen LogP contribution in [0.3, 0.4) is 0 Å². The molecule has 0 saturated heterocycles. The number of hydrogen-bond acceptors (Lipinski definition) is 4. The van der Waals surface area contributed by atoms with Gasteiger partial charge in [0.1, 0.15) is 11.8 Å². The first-order chi connectivity index (χ1) is 25.2. The molecule has 260 valence electrons. The molecule has 0 aromatic heterocycles. The minimum atomic E-state index is -1.26. The predicted molar refractivity (Wildman–Crippen MR) is 206 cm³/mol. The predicted octanol–water partition coefficient (Wildman–Crippen LogP) is 9.87. The van der Waals surface area contributed by atoms with E-state index in [2.05, 4.69) is 5.32 Å². The van der Waals surface area contributed by atoms with Gasteiger partial charge in [0.15, 0.2) is 0 Å². The van der Waals surface area contributed by atoms with Crippen molar-refractivity contribution in [3.05, 3.63) is 173 Å². The van der Waals surface area contributed by atoms with Crippen molar-refractivity contribution in [3.63, 3.8) is 0 Å². The van der Waals surface area contributed by atoms with Crippen LogP contribution in [0.15, 0.2) is 152 Å². The Hall–Kier alpha value is -6.18. The van der Waals surface area contributed by atoms with Crippen molar-refractivity contribution in [2.75, 3.05) is 4.90 Å². The third-order valence-corrected chi connectivity index (χ3v) is 8.69. The summed E-state index contributed by atoms with van der Waals surface area (Å²) >= 11 is 6.43. The normalized spacial score (nSPS) is 11.5. The Kier molecular flexibility index (Phi) is 11.1. The van der Waals surface area contributed by atoms with Crippen molar-refractivity contribution in [1.29, 1.82) is 0 Å². The average Bonchev–Trinajstić information content (AvgIpc) is 3.16. The molecular weight excluding hydrogens is 672 g/mol. The summed E-state index contributed by atoms with van der Waals surface area (Å²) in [6.45, 7) is 3.84. The average molecular weight is 709 g/mol. The fraction of sp³-hybridized carbons (Fsp3) is 0.114. The van der Waals surface area contributed by atoms with E-state index in [0.29, 0.717) is 17.0 Å². The van der Waals surface area contributed by atoms with Gasteiger partial charge < -0.3 is 15.2 Å². The molecule has 2 N–H and O–H groups in total. The number of carboxylic acid groups (broad SMARTS) is 1. The topological polar surface area (TPSA) is 95.9 Å². The van der Waals surface area contributed by atoms with E-state index in [4.69, 9.17) is 16.3 Å². The number of aliphatic carboxylic acids is 1. The maximum Gasteiger partial charge on any atom is 0.326 e. The van der Waals surface area contributed by atoms with Gasteiger partial charge in [-0.15, -0.1) is 0 Å². The zero-order chi connectivity index (χ0) is 36.6. The summed E-state index contributed by atoms with van der Waals surface area (Å²) in [7, 11) is 0. The molecule has 0 spiro atoms. The maximum atomic E-state index is 14.5. The summed E-state index contributed by atoms with van der Waals surface area (Å²) in [6, 6.07) is 44.8. The van der Waals surface area contributed by atoms with Gasteiger partial charge in [0.2, 0.25) is 0 Å². The molecule has 52 heavy (non-hydrogen) atoms. The fourth-order valence-electron chi connectivity index (χ4n) is 5.90. The molecule has 6 rings (SSSR count). The second-order valence-corrected chi connectivity index (χ2v) is 13.0. The molecule has 0 saturated carbocycles. The van der Waals surface area contributed by atoms with Gasteiger partial charge in [0, 0.05) is 22.7 Å². The van der Waals surface area contributed by atoms with Gasteiger partial charge in [-0.25, -0.2) is 4.79 Å². The summed E-state index contributed by atoms with van der Waals surface area (Å²) in [5.41, 5.74) is 5.84. The van der Waals surface area contributed by atoms with E-state index >= 15 is 0 Å². The Morgan fingerprint density at radius 2 is 1.23 bits per heavy atom. The van der Waals surface area contributed by atoms with Gasteiger partial charge in [0.05, 0.1) is 17.4 Å². The first kappa shape index (κ1) is 35.6. The fourth-order valence-corrected chi connectivity index (χ4v) is 6.07. The number of hydrogen-bond donors (Lipinski definition) is 2. The number of rotatable bonds is 12. The van der Waals surface area contributed by atoms with Crippen LogP contribution in [0.4, 0.5) is 11.4 Å². The highest BCUT2D eigenvalue weighted by Crippen LogP contribution is 2.34. The SMILES string of the molecule is CC(C)Oc1ccc(N(C(=O)c2ccc(-c3ccccc3)cc2)c2ccc(Cl)cc2C(=O)N[C@@H](Cc2ccc(-c3ccccc3)cc2)C(=O)O)cc1. The van der Waals surface area contributed by atoms with Crippen molar-refractivity contribution in [3.8, 4) is 28.0 Å². The lowest BCUT2D eigenvalue weighted by molar-refractivity contribution is -0.139. The minimum Gasteiger partial charge on any atom is -0.491 e. The molecule has 6 aromatic rings. The molecule has 8 heteroatoms. The summed E-state index contributed by atoms with van der Waals surface area (Å²) in [5.74, 6) is -1.67. The molecule has 2 amide bonds. The lowest BCUT2D eigenvalue weighted by atomic mass is 10.00.